The molecule has 0 amide bonds. The topological polar surface area (TPSA) is 61.9 Å². The van der Waals surface area contributed by atoms with Crippen LogP contribution in [0.3, 0.4) is 0 Å². The number of piperidine rings is 1. The van der Waals surface area contributed by atoms with Gasteiger partial charge in [-0.3, -0.25) is 9.78 Å². The van der Waals surface area contributed by atoms with E-state index >= 15 is 0 Å². The molecule has 0 saturated carbocycles. The Hall–Kier alpha value is -2.24. The highest BCUT2D eigenvalue weighted by atomic mass is 19.1. The number of aromatic nitrogens is 3. The molecule has 110 valence electrons. The van der Waals surface area contributed by atoms with Crippen molar-refractivity contribution in [3.63, 3.8) is 0 Å². The molecule has 1 saturated heterocycles. The molecular weight excluding hydrogens is 271 g/mol. The number of hydrogen-bond acceptors (Lipinski definition) is 4. The van der Waals surface area contributed by atoms with Gasteiger partial charge in [-0.2, -0.15) is 0 Å². The number of rotatable bonds is 3. The molecule has 6 heteroatoms. The molecule has 1 aliphatic rings. The van der Waals surface area contributed by atoms with Crippen LogP contribution in [0.15, 0.2) is 29.1 Å². The number of aromatic amines is 1. The summed E-state index contributed by atoms with van der Waals surface area (Å²) in [5, 5.41) is 8.17. The number of halogens is 1. The lowest BCUT2D eigenvalue weighted by Gasteiger charge is -2.26. The van der Waals surface area contributed by atoms with Crippen molar-refractivity contribution in [1.82, 2.24) is 15.2 Å². The van der Waals surface area contributed by atoms with Crippen molar-refractivity contribution >= 4 is 5.95 Å². The van der Waals surface area contributed by atoms with Gasteiger partial charge in [0.05, 0.1) is 0 Å². The van der Waals surface area contributed by atoms with Gasteiger partial charge in [-0.25, -0.2) is 4.39 Å². The predicted molar refractivity (Wildman–Crippen MR) is 77.9 cm³/mol. The summed E-state index contributed by atoms with van der Waals surface area (Å²) in [5.41, 5.74) is 0.958. The molecule has 0 unspecified atom stereocenters. The van der Waals surface area contributed by atoms with Crippen LogP contribution in [-0.4, -0.2) is 28.3 Å². The Balaban J connectivity index is 1.77. The molecule has 0 bridgehead atoms. The lowest BCUT2D eigenvalue weighted by Crippen LogP contribution is -2.33. The van der Waals surface area contributed by atoms with E-state index < -0.39 is 0 Å². The van der Waals surface area contributed by atoms with E-state index in [1.807, 2.05) is 0 Å². The molecule has 1 aromatic carbocycles. The average molecular weight is 288 g/mol. The van der Waals surface area contributed by atoms with Gasteiger partial charge in [-0.1, -0.05) is 12.1 Å². The largest absolute Gasteiger partial charge is 0.341 e. The third-order valence-electron chi connectivity index (χ3n) is 3.69. The van der Waals surface area contributed by atoms with Gasteiger partial charge in [0, 0.05) is 19.5 Å². The fraction of sp³-hybridized carbons (Fsp3) is 0.400. The van der Waals surface area contributed by atoms with Crippen molar-refractivity contribution in [2.75, 3.05) is 18.0 Å². The molecule has 0 atom stereocenters. The molecule has 0 aliphatic carbocycles. The van der Waals surface area contributed by atoms with E-state index in [1.165, 1.54) is 18.6 Å². The first-order chi connectivity index (χ1) is 10.2. The van der Waals surface area contributed by atoms with Crippen molar-refractivity contribution < 1.29 is 4.39 Å². The summed E-state index contributed by atoms with van der Waals surface area (Å²) < 4.78 is 12.9. The zero-order valence-corrected chi connectivity index (χ0v) is 11.7. The Bertz CT molecular complexity index is 662. The normalized spacial score (nSPS) is 15.2. The maximum Gasteiger partial charge on any atom is 0.274 e. The van der Waals surface area contributed by atoms with Gasteiger partial charge in [0.25, 0.3) is 5.56 Å². The summed E-state index contributed by atoms with van der Waals surface area (Å²) in [6.45, 7) is 1.81. The Morgan fingerprint density at radius 1 is 1.10 bits per heavy atom. The van der Waals surface area contributed by atoms with E-state index in [-0.39, 0.29) is 11.4 Å². The van der Waals surface area contributed by atoms with E-state index in [0.717, 1.165) is 31.5 Å². The number of nitrogens with one attached hydrogen (secondary N) is 1. The SMILES string of the molecule is O=c1[nH]c(N2CCCCC2)nnc1Cc1ccc(F)cc1. The van der Waals surface area contributed by atoms with Crippen LogP contribution in [0.25, 0.3) is 0 Å². The molecule has 0 spiro atoms. The summed E-state index contributed by atoms with van der Waals surface area (Å²) >= 11 is 0. The standard InChI is InChI=1S/C15H17FN4O/c16-12-6-4-11(5-7-12)10-13-14(21)17-15(19-18-13)20-8-2-1-3-9-20/h4-7H,1-3,8-10H2,(H,17,19,21). The monoisotopic (exact) mass is 288 g/mol. The predicted octanol–water partition coefficient (Wildman–Crippen LogP) is 1.89. The minimum absolute atomic E-state index is 0.227. The molecule has 2 aromatic rings. The second-order valence-electron chi connectivity index (χ2n) is 5.28. The third kappa shape index (κ3) is 3.26. The fourth-order valence-electron chi connectivity index (χ4n) is 2.51. The number of nitrogens with zero attached hydrogens (tertiary/aromatic N) is 3. The maximum atomic E-state index is 12.9. The average Bonchev–Trinajstić information content (AvgIpc) is 2.52. The van der Waals surface area contributed by atoms with Gasteiger partial charge in [0.15, 0.2) is 0 Å². The Morgan fingerprint density at radius 3 is 2.48 bits per heavy atom. The smallest absolute Gasteiger partial charge is 0.274 e. The van der Waals surface area contributed by atoms with Gasteiger partial charge < -0.3 is 4.90 Å². The maximum absolute atomic E-state index is 12.9. The summed E-state index contributed by atoms with van der Waals surface area (Å²) in [6, 6.07) is 6.04. The number of anilines is 1. The number of benzene rings is 1. The quantitative estimate of drug-likeness (QED) is 0.937. The summed E-state index contributed by atoms with van der Waals surface area (Å²) in [5.74, 6) is 0.252. The van der Waals surface area contributed by atoms with Gasteiger partial charge in [-0.05, 0) is 37.0 Å². The molecule has 1 aliphatic heterocycles. The van der Waals surface area contributed by atoms with Gasteiger partial charge in [0.2, 0.25) is 5.95 Å². The molecule has 2 heterocycles. The van der Waals surface area contributed by atoms with Crippen LogP contribution in [0, 0.1) is 5.82 Å². The Morgan fingerprint density at radius 2 is 1.81 bits per heavy atom. The molecule has 21 heavy (non-hydrogen) atoms. The molecule has 0 radical (unpaired) electrons. The van der Waals surface area contributed by atoms with Gasteiger partial charge in [0.1, 0.15) is 11.5 Å². The van der Waals surface area contributed by atoms with Crippen LogP contribution in [0.5, 0.6) is 0 Å². The highest BCUT2D eigenvalue weighted by Gasteiger charge is 2.14. The van der Waals surface area contributed by atoms with Crippen LogP contribution < -0.4 is 10.5 Å². The second kappa shape index (κ2) is 6.03. The van der Waals surface area contributed by atoms with E-state index in [4.69, 9.17) is 0 Å². The van der Waals surface area contributed by atoms with Crippen molar-refractivity contribution in [2.45, 2.75) is 25.7 Å². The summed E-state index contributed by atoms with van der Waals surface area (Å²) in [4.78, 5) is 17.0. The van der Waals surface area contributed by atoms with Gasteiger partial charge >= 0.3 is 0 Å². The van der Waals surface area contributed by atoms with E-state index in [2.05, 4.69) is 20.1 Å². The molecule has 1 aromatic heterocycles. The summed E-state index contributed by atoms with van der Waals surface area (Å²) in [6.07, 6.45) is 3.79. The lowest BCUT2D eigenvalue weighted by molar-refractivity contribution is 0.563. The van der Waals surface area contributed by atoms with Crippen LogP contribution in [0.2, 0.25) is 0 Å². The lowest BCUT2D eigenvalue weighted by atomic mass is 10.1. The van der Waals surface area contributed by atoms with E-state index in [9.17, 15) is 9.18 Å². The number of hydrogen-bond donors (Lipinski definition) is 1. The van der Waals surface area contributed by atoms with Crippen molar-refractivity contribution in [2.24, 2.45) is 0 Å². The first kappa shape index (κ1) is 13.7. The summed E-state index contributed by atoms with van der Waals surface area (Å²) in [7, 11) is 0. The van der Waals surface area contributed by atoms with Crippen LogP contribution in [0.1, 0.15) is 30.5 Å². The minimum Gasteiger partial charge on any atom is -0.341 e. The Kier molecular flexibility index (Phi) is 3.94. The van der Waals surface area contributed by atoms with Crippen LogP contribution in [-0.2, 0) is 6.42 Å². The molecular formula is C15H17FN4O. The van der Waals surface area contributed by atoms with Crippen molar-refractivity contribution in [3.05, 3.63) is 51.7 Å². The van der Waals surface area contributed by atoms with Gasteiger partial charge in [-0.15, -0.1) is 10.2 Å². The van der Waals surface area contributed by atoms with Crippen molar-refractivity contribution in [3.8, 4) is 0 Å². The molecule has 1 fully saturated rings. The zero-order chi connectivity index (χ0) is 14.7. The van der Waals surface area contributed by atoms with E-state index in [0.29, 0.717) is 18.1 Å². The highest BCUT2D eigenvalue weighted by Crippen LogP contribution is 2.13. The molecule has 5 nitrogen and oxygen atoms in total. The zero-order valence-electron chi connectivity index (χ0n) is 11.7. The molecule has 3 rings (SSSR count). The first-order valence-corrected chi connectivity index (χ1v) is 7.17. The van der Waals surface area contributed by atoms with Crippen molar-refractivity contribution in [1.29, 1.82) is 0 Å². The minimum atomic E-state index is -0.292. The van der Waals surface area contributed by atoms with E-state index in [1.54, 1.807) is 12.1 Å². The second-order valence-corrected chi connectivity index (χ2v) is 5.28. The fourth-order valence-corrected chi connectivity index (χ4v) is 2.51. The third-order valence-corrected chi connectivity index (χ3v) is 3.69. The van der Waals surface area contributed by atoms with Crippen LogP contribution >= 0.6 is 0 Å². The molecule has 1 N–H and O–H groups in total. The highest BCUT2D eigenvalue weighted by molar-refractivity contribution is 5.29. The number of H-pyrrole nitrogens is 1. The Labute approximate surface area is 121 Å². The van der Waals surface area contributed by atoms with Crippen LogP contribution in [0.4, 0.5) is 10.3 Å². The first-order valence-electron chi connectivity index (χ1n) is 7.17.